The summed E-state index contributed by atoms with van der Waals surface area (Å²) in [6.45, 7) is 8.49. The molecule has 0 radical (unpaired) electrons. The van der Waals surface area contributed by atoms with E-state index < -0.39 is 0 Å². The van der Waals surface area contributed by atoms with Gasteiger partial charge in [-0.3, -0.25) is 9.89 Å². The predicted molar refractivity (Wildman–Crippen MR) is 101 cm³/mol. The fourth-order valence-electron chi connectivity index (χ4n) is 2.80. The van der Waals surface area contributed by atoms with Gasteiger partial charge >= 0.3 is 0 Å². The minimum absolute atomic E-state index is 0.755. The lowest BCUT2D eigenvalue weighted by molar-refractivity contribution is 0.0389. The maximum Gasteiger partial charge on any atom is 0.191 e. The summed E-state index contributed by atoms with van der Waals surface area (Å²) in [6, 6.07) is 6.54. The van der Waals surface area contributed by atoms with Gasteiger partial charge in [0.2, 0.25) is 0 Å². The molecule has 6 nitrogen and oxygen atoms in total. The van der Waals surface area contributed by atoms with Gasteiger partial charge in [-0.1, -0.05) is 12.1 Å². The van der Waals surface area contributed by atoms with Crippen LogP contribution in [0.15, 0.2) is 23.2 Å². The third kappa shape index (κ3) is 5.69. The fraction of sp³-hybridized carbons (Fsp3) is 0.611. The number of nitrogens with zero attached hydrogens (tertiary/aromatic N) is 3. The van der Waals surface area contributed by atoms with Crippen molar-refractivity contribution < 1.29 is 4.74 Å². The third-order valence-electron chi connectivity index (χ3n) is 4.22. The molecule has 1 fully saturated rings. The number of benzene rings is 1. The molecule has 1 aliphatic heterocycles. The molecule has 0 spiro atoms. The Hall–Kier alpha value is -1.79. The number of hydrogen-bond donors (Lipinski definition) is 2. The van der Waals surface area contributed by atoms with Crippen molar-refractivity contribution in [3.05, 3.63) is 29.3 Å². The number of guanidine groups is 1. The zero-order valence-corrected chi connectivity index (χ0v) is 15.4. The molecule has 0 atom stereocenters. The predicted octanol–water partition coefficient (Wildman–Crippen LogP) is 1.06. The monoisotopic (exact) mass is 333 g/mol. The highest BCUT2D eigenvalue weighted by molar-refractivity contribution is 5.79. The first kappa shape index (κ1) is 18.5. The standard InChI is InChI=1S/C18H31N5O/c1-15-5-6-16(17(13-15)22(3)4)14-21-18(19-2)20-7-8-23-9-11-24-12-10-23/h5-6,13H,7-12,14H2,1-4H3,(H2,19,20,21). The minimum atomic E-state index is 0.755. The molecule has 2 N–H and O–H groups in total. The van der Waals surface area contributed by atoms with E-state index in [1.165, 1.54) is 16.8 Å². The molecule has 1 heterocycles. The van der Waals surface area contributed by atoms with Crippen molar-refractivity contribution in [2.24, 2.45) is 4.99 Å². The first-order chi connectivity index (χ1) is 11.6. The third-order valence-corrected chi connectivity index (χ3v) is 4.22. The van der Waals surface area contributed by atoms with Crippen molar-refractivity contribution in [2.75, 3.05) is 65.4 Å². The van der Waals surface area contributed by atoms with Gasteiger partial charge in [-0.2, -0.15) is 0 Å². The molecular formula is C18H31N5O. The number of rotatable bonds is 6. The van der Waals surface area contributed by atoms with E-state index in [1.54, 1.807) is 0 Å². The Morgan fingerprint density at radius 2 is 2.00 bits per heavy atom. The summed E-state index contributed by atoms with van der Waals surface area (Å²) < 4.78 is 5.37. The smallest absolute Gasteiger partial charge is 0.191 e. The SMILES string of the molecule is CN=C(NCCN1CCOCC1)NCc1ccc(C)cc1N(C)C. The van der Waals surface area contributed by atoms with E-state index >= 15 is 0 Å². The molecule has 0 unspecified atom stereocenters. The summed E-state index contributed by atoms with van der Waals surface area (Å²) in [5.74, 6) is 0.841. The summed E-state index contributed by atoms with van der Waals surface area (Å²) in [5.41, 5.74) is 3.78. The Bertz CT molecular complexity index is 538. The summed E-state index contributed by atoms with van der Waals surface area (Å²) in [5, 5.41) is 6.80. The van der Waals surface area contributed by atoms with Gasteiger partial charge in [0.1, 0.15) is 0 Å². The summed E-state index contributed by atoms with van der Waals surface area (Å²) in [4.78, 5) is 8.88. The molecule has 1 aromatic rings. The quantitative estimate of drug-likeness (QED) is 0.602. The highest BCUT2D eigenvalue weighted by Crippen LogP contribution is 2.20. The van der Waals surface area contributed by atoms with Gasteiger partial charge in [0.05, 0.1) is 13.2 Å². The molecule has 1 aromatic carbocycles. The number of morpholine rings is 1. The Kier molecular flexibility index (Phi) is 7.34. The molecule has 1 aliphatic rings. The molecule has 6 heteroatoms. The Balaban J connectivity index is 1.81. The number of ether oxygens (including phenoxy) is 1. The molecule has 0 bridgehead atoms. The number of hydrogen-bond acceptors (Lipinski definition) is 4. The Morgan fingerprint density at radius 1 is 1.25 bits per heavy atom. The highest BCUT2D eigenvalue weighted by atomic mass is 16.5. The molecule has 0 saturated carbocycles. The fourth-order valence-corrected chi connectivity index (χ4v) is 2.80. The van der Waals surface area contributed by atoms with Crippen molar-refractivity contribution in [1.29, 1.82) is 0 Å². The van der Waals surface area contributed by atoms with Crippen LogP contribution in [0.4, 0.5) is 5.69 Å². The molecule has 24 heavy (non-hydrogen) atoms. The molecular weight excluding hydrogens is 302 g/mol. The van der Waals surface area contributed by atoms with Gasteiger partial charge in [-0.15, -0.1) is 0 Å². The van der Waals surface area contributed by atoms with Gasteiger partial charge in [-0.05, 0) is 24.1 Å². The van der Waals surface area contributed by atoms with Crippen molar-refractivity contribution in [2.45, 2.75) is 13.5 Å². The Labute approximate surface area is 145 Å². The van der Waals surface area contributed by atoms with E-state index in [0.29, 0.717) is 0 Å². The topological polar surface area (TPSA) is 52.1 Å². The second-order valence-corrected chi connectivity index (χ2v) is 6.33. The lowest BCUT2D eigenvalue weighted by Crippen LogP contribution is -2.44. The molecule has 134 valence electrons. The number of anilines is 1. The van der Waals surface area contributed by atoms with Crippen LogP contribution in [0, 0.1) is 6.92 Å². The van der Waals surface area contributed by atoms with Crippen molar-refractivity contribution >= 4 is 11.6 Å². The lowest BCUT2D eigenvalue weighted by Gasteiger charge is -2.26. The van der Waals surface area contributed by atoms with E-state index in [0.717, 1.165) is 51.9 Å². The zero-order valence-electron chi connectivity index (χ0n) is 15.4. The van der Waals surface area contributed by atoms with Crippen LogP contribution in [-0.2, 0) is 11.3 Å². The first-order valence-electron chi connectivity index (χ1n) is 8.61. The van der Waals surface area contributed by atoms with E-state index in [9.17, 15) is 0 Å². The summed E-state index contributed by atoms with van der Waals surface area (Å²) in [7, 11) is 5.97. The molecule has 2 rings (SSSR count). The van der Waals surface area contributed by atoms with Crippen LogP contribution >= 0.6 is 0 Å². The summed E-state index contributed by atoms with van der Waals surface area (Å²) >= 11 is 0. The molecule has 0 aliphatic carbocycles. The van der Waals surface area contributed by atoms with Crippen LogP contribution in [0.1, 0.15) is 11.1 Å². The van der Waals surface area contributed by atoms with Crippen molar-refractivity contribution in [3.8, 4) is 0 Å². The van der Waals surface area contributed by atoms with E-state index in [4.69, 9.17) is 4.74 Å². The van der Waals surface area contributed by atoms with E-state index in [1.807, 2.05) is 7.05 Å². The van der Waals surface area contributed by atoms with Crippen LogP contribution in [0.25, 0.3) is 0 Å². The number of aryl methyl sites for hydroxylation is 1. The first-order valence-corrected chi connectivity index (χ1v) is 8.61. The average Bonchev–Trinajstić information content (AvgIpc) is 2.59. The van der Waals surface area contributed by atoms with E-state index in [2.05, 4.69) is 64.6 Å². The lowest BCUT2D eigenvalue weighted by atomic mass is 10.1. The molecule has 0 aromatic heterocycles. The highest BCUT2D eigenvalue weighted by Gasteiger charge is 2.10. The van der Waals surface area contributed by atoms with Crippen LogP contribution in [0.3, 0.4) is 0 Å². The maximum atomic E-state index is 5.37. The maximum absolute atomic E-state index is 5.37. The van der Waals surface area contributed by atoms with Crippen molar-refractivity contribution in [1.82, 2.24) is 15.5 Å². The molecule has 0 amide bonds. The zero-order chi connectivity index (χ0) is 17.4. The van der Waals surface area contributed by atoms with Gasteiger partial charge < -0.3 is 20.3 Å². The van der Waals surface area contributed by atoms with Crippen LogP contribution in [-0.4, -0.2) is 71.4 Å². The Morgan fingerprint density at radius 3 is 2.67 bits per heavy atom. The largest absolute Gasteiger partial charge is 0.379 e. The van der Waals surface area contributed by atoms with Gasteiger partial charge in [0, 0.05) is 59.6 Å². The average molecular weight is 333 g/mol. The van der Waals surface area contributed by atoms with Gasteiger partial charge in [-0.25, -0.2) is 0 Å². The minimum Gasteiger partial charge on any atom is -0.379 e. The van der Waals surface area contributed by atoms with Crippen LogP contribution < -0.4 is 15.5 Å². The van der Waals surface area contributed by atoms with Gasteiger partial charge in [0.15, 0.2) is 5.96 Å². The number of nitrogens with one attached hydrogen (secondary N) is 2. The second-order valence-electron chi connectivity index (χ2n) is 6.33. The van der Waals surface area contributed by atoms with Crippen LogP contribution in [0.5, 0.6) is 0 Å². The summed E-state index contributed by atoms with van der Waals surface area (Å²) in [6.07, 6.45) is 0. The number of aliphatic imine (C=N–C) groups is 1. The normalized spacial score (nSPS) is 16.1. The van der Waals surface area contributed by atoms with E-state index in [-0.39, 0.29) is 0 Å². The second kappa shape index (κ2) is 9.49. The van der Waals surface area contributed by atoms with Gasteiger partial charge in [0.25, 0.3) is 0 Å². The molecule has 1 saturated heterocycles. The van der Waals surface area contributed by atoms with Crippen LogP contribution in [0.2, 0.25) is 0 Å². The van der Waals surface area contributed by atoms with Crippen molar-refractivity contribution in [3.63, 3.8) is 0 Å².